The van der Waals surface area contributed by atoms with E-state index in [1.807, 2.05) is 39.0 Å². The van der Waals surface area contributed by atoms with E-state index in [-0.39, 0.29) is 24.2 Å². The van der Waals surface area contributed by atoms with Gasteiger partial charge in [0.2, 0.25) is 11.8 Å². The Morgan fingerprint density at radius 1 is 1.15 bits per heavy atom. The predicted octanol–water partition coefficient (Wildman–Crippen LogP) is 4.17. The van der Waals surface area contributed by atoms with Gasteiger partial charge < -0.3 is 10.2 Å². The number of nitrogens with one attached hydrogen (secondary N) is 1. The fraction of sp³-hybridized carbons (Fsp3) is 0.364. The average Bonchev–Trinajstić information content (AvgIpc) is 3.00. The number of anilines is 2. The van der Waals surface area contributed by atoms with Gasteiger partial charge in [0.25, 0.3) is 0 Å². The predicted molar refractivity (Wildman–Crippen MR) is 106 cm³/mol. The third-order valence-corrected chi connectivity index (χ3v) is 5.05. The molecular formula is C22H26N2O2. The maximum Gasteiger partial charge on any atom is 0.229 e. The molecule has 0 aromatic heterocycles. The molecule has 0 unspecified atom stereocenters. The van der Waals surface area contributed by atoms with Gasteiger partial charge in [0.1, 0.15) is 0 Å². The number of nitrogens with zero attached hydrogens (tertiary/aromatic N) is 1. The molecule has 1 aliphatic rings. The first-order valence-corrected chi connectivity index (χ1v) is 9.17. The highest BCUT2D eigenvalue weighted by atomic mass is 16.2. The second-order valence-electron chi connectivity index (χ2n) is 7.19. The van der Waals surface area contributed by atoms with E-state index in [0.29, 0.717) is 6.54 Å². The van der Waals surface area contributed by atoms with Crippen molar-refractivity contribution in [3.63, 3.8) is 0 Å². The summed E-state index contributed by atoms with van der Waals surface area (Å²) < 4.78 is 0. The molecule has 3 rings (SSSR count). The number of amides is 2. The Kier molecular flexibility index (Phi) is 5.12. The molecule has 0 spiro atoms. The molecular weight excluding hydrogens is 324 g/mol. The number of carbonyl (C=O) groups is 2. The van der Waals surface area contributed by atoms with E-state index in [4.69, 9.17) is 0 Å². The zero-order valence-electron chi connectivity index (χ0n) is 15.9. The Labute approximate surface area is 155 Å². The van der Waals surface area contributed by atoms with Gasteiger partial charge in [0.05, 0.1) is 5.92 Å². The van der Waals surface area contributed by atoms with Crippen molar-refractivity contribution >= 4 is 23.2 Å². The van der Waals surface area contributed by atoms with Crippen LogP contribution in [0.3, 0.4) is 0 Å². The van der Waals surface area contributed by atoms with Crippen molar-refractivity contribution in [3.8, 4) is 0 Å². The molecule has 1 aliphatic heterocycles. The molecule has 1 N–H and O–H groups in total. The van der Waals surface area contributed by atoms with E-state index in [2.05, 4.69) is 30.4 Å². The van der Waals surface area contributed by atoms with Gasteiger partial charge in [-0.15, -0.1) is 0 Å². The minimum Gasteiger partial charge on any atom is -0.325 e. The molecule has 4 heteroatoms. The average molecular weight is 350 g/mol. The fourth-order valence-electron chi connectivity index (χ4n) is 3.68. The lowest BCUT2D eigenvalue weighted by Crippen LogP contribution is -2.28. The molecule has 136 valence electrons. The lowest BCUT2D eigenvalue weighted by molar-refractivity contribution is -0.122. The van der Waals surface area contributed by atoms with E-state index >= 15 is 0 Å². The number of benzene rings is 2. The van der Waals surface area contributed by atoms with Gasteiger partial charge in [-0.2, -0.15) is 0 Å². The molecule has 0 bridgehead atoms. The van der Waals surface area contributed by atoms with Crippen molar-refractivity contribution in [2.24, 2.45) is 5.92 Å². The number of hydrogen-bond acceptors (Lipinski definition) is 2. The van der Waals surface area contributed by atoms with Crippen molar-refractivity contribution in [2.75, 3.05) is 16.8 Å². The van der Waals surface area contributed by atoms with Crippen LogP contribution < -0.4 is 10.2 Å². The van der Waals surface area contributed by atoms with E-state index < -0.39 is 0 Å². The van der Waals surface area contributed by atoms with Crippen LogP contribution >= 0.6 is 0 Å². The van der Waals surface area contributed by atoms with E-state index in [0.717, 1.165) is 28.9 Å². The summed E-state index contributed by atoms with van der Waals surface area (Å²) in [6.07, 6.45) is 1.18. The maximum absolute atomic E-state index is 12.8. The van der Waals surface area contributed by atoms with Crippen LogP contribution in [0.2, 0.25) is 0 Å². The molecule has 1 saturated heterocycles. The first-order valence-electron chi connectivity index (χ1n) is 9.17. The smallest absolute Gasteiger partial charge is 0.229 e. The lowest BCUT2D eigenvalue weighted by atomic mass is 10.0. The second-order valence-corrected chi connectivity index (χ2v) is 7.19. The fourth-order valence-corrected chi connectivity index (χ4v) is 3.68. The lowest BCUT2D eigenvalue weighted by Gasteiger charge is -2.18. The van der Waals surface area contributed by atoms with Gasteiger partial charge >= 0.3 is 0 Å². The van der Waals surface area contributed by atoms with Crippen LogP contribution in [-0.2, 0) is 16.0 Å². The zero-order valence-corrected chi connectivity index (χ0v) is 15.9. The van der Waals surface area contributed by atoms with Crippen LogP contribution in [0.4, 0.5) is 11.4 Å². The van der Waals surface area contributed by atoms with Crippen LogP contribution in [0.25, 0.3) is 0 Å². The first-order chi connectivity index (χ1) is 12.4. The van der Waals surface area contributed by atoms with Crippen LogP contribution in [-0.4, -0.2) is 18.4 Å². The summed E-state index contributed by atoms with van der Waals surface area (Å²) in [6, 6.07) is 12.1. The molecule has 1 atom stereocenters. The van der Waals surface area contributed by atoms with Gasteiger partial charge in [0.15, 0.2) is 0 Å². The molecule has 0 saturated carbocycles. The largest absolute Gasteiger partial charge is 0.325 e. The number of aryl methyl sites for hydroxylation is 4. The molecule has 2 aromatic carbocycles. The number of rotatable bonds is 4. The van der Waals surface area contributed by atoms with Gasteiger partial charge in [-0.1, -0.05) is 36.8 Å². The Morgan fingerprint density at radius 2 is 1.85 bits per heavy atom. The summed E-state index contributed by atoms with van der Waals surface area (Å²) in [7, 11) is 0. The van der Waals surface area contributed by atoms with Crippen molar-refractivity contribution in [2.45, 2.75) is 40.5 Å². The van der Waals surface area contributed by atoms with Crippen LogP contribution in [0.5, 0.6) is 0 Å². The minimum absolute atomic E-state index is 0.00996. The Morgan fingerprint density at radius 3 is 2.50 bits per heavy atom. The van der Waals surface area contributed by atoms with Crippen LogP contribution in [0.1, 0.15) is 35.6 Å². The van der Waals surface area contributed by atoms with Crippen LogP contribution in [0.15, 0.2) is 36.4 Å². The van der Waals surface area contributed by atoms with Crippen LogP contribution in [0, 0.1) is 26.7 Å². The van der Waals surface area contributed by atoms with E-state index in [1.165, 1.54) is 11.1 Å². The van der Waals surface area contributed by atoms with Gasteiger partial charge in [0, 0.05) is 24.3 Å². The number of hydrogen-bond donors (Lipinski definition) is 1. The number of carbonyl (C=O) groups excluding carboxylic acids is 2. The summed E-state index contributed by atoms with van der Waals surface area (Å²) in [5, 5.41) is 3.04. The molecule has 4 nitrogen and oxygen atoms in total. The highest BCUT2D eigenvalue weighted by molar-refractivity contribution is 6.04. The second kappa shape index (κ2) is 7.32. The van der Waals surface area contributed by atoms with Gasteiger partial charge in [-0.25, -0.2) is 0 Å². The highest BCUT2D eigenvalue weighted by Crippen LogP contribution is 2.28. The highest BCUT2D eigenvalue weighted by Gasteiger charge is 2.35. The molecule has 2 amide bonds. The Hall–Kier alpha value is -2.62. The normalized spacial score (nSPS) is 16.8. The Bertz CT molecular complexity index is 834. The first kappa shape index (κ1) is 18.2. The van der Waals surface area contributed by atoms with E-state index in [1.54, 1.807) is 4.90 Å². The molecule has 0 radical (unpaired) electrons. The third-order valence-electron chi connectivity index (χ3n) is 5.05. The third kappa shape index (κ3) is 3.64. The standard InChI is InChI=1S/C22H26N2O2/c1-5-17-7-6-8-19(11-17)24-13-18(12-20(24)25)22(26)23-21-15(3)9-14(2)10-16(21)4/h6-11,18H,5,12-13H2,1-4H3,(H,23,26)/t18-/m1/s1. The van der Waals surface area contributed by atoms with Crippen molar-refractivity contribution in [1.29, 1.82) is 0 Å². The molecule has 26 heavy (non-hydrogen) atoms. The van der Waals surface area contributed by atoms with Crippen molar-refractivity contribution in [3.05, 3.63) is 58.7 Å². The molecule has 1 fully saturated rings. The van der Waals surface area contributed by atoms with Gasteiger partial charge in [-0.05, 0) is 56.0 Å². The summed E-state index contributed by atoms with van der Waals surface area (Å²) in [6.45, 7) is 8.56. The van der Waals surface area contributed by atoms with Crippen molar-refractivity contribution < 1.29 is 9.59 Å². The van der Waals surface area contributed by atoms with Gasteiger partial charge in [-0.3, -0.25) is 9.59 Å². The summed E-state index contributed by atoms with van der Waals surface area (Å²) >= 11 is 0. The van der Waals surface area contributed by atoms with E-state index in [9.17, 15) is 9.59 Å². The topological polar surface area (TPSA) is 49.4 Å². The molecule has 2 aromatic rings. The quantitative estimate of drug-likeness (QED) is 0.900. The van der Waals surface area contributed by atoms with Crippen molar-refractivity contribution in [1.82, 2.24) is 0 Å². The zero-order chi connectivity index (χ0) is 18.8. The summed E-state index contributed by atoms with van der Waals surface area (Å²) in [4.78, 5) is 27.0. The summed E-state index contributed by atoms with van der Waals surface area (Å²) in [5.74, 6) is -0.397. The maximum atomic E-state index is 12.8. The summed E-state index contributed by atoms with van der Waals surface area (Å²) in [5.41, 5.74) is 6.21. The minimum atomic E-state index is -0.326. The monoisotopic (exact) mass is 350 g/mol. The molecule has 1 heterocycles. The Balaban J connectivity index is 1.75. The molecule has 0 aliphatic carbocycles. The SMILES string of the molecule is CCc1cccc(N2C[C@H](C(=O)Nc3c(C)cc(C)cc3C)CC2=O)c1.